The number of carbonyl (C=O) groups excluding carboxylic acids is 4. The fourth-order valence-electron chi connectivity index (χ4n) is 5.06. The first-order valence-corrected chi connectivity index (χ1v) is 17.5. The predicted molar refractivity (Wildman–Crippen MR) is 189 cm³/mol. The van der Waals surface area contributed by atoms with E-state index in [0.29, 0.717) is 12.2 Å². The van der Waals surface area contributed by atoms with Gasteiger partial charge in [-0.2, -0.15) is 11.8 Å². The molecular weight excluding hydrogens is 628 g/mol. The molecule has 3 rings (SSSR count). The van der Waals surface area contributed by atoms with Crippen molar-refractivity contribution < 1.29 is 29.0 Å². The molecule has 48 heavy (non-hydrogen) atoms. The summed E-state index contributed by atoms with van der Waals surface area (Å²) in [5, 5.41) is 18.7. The Morgan fingerprint density at radius 1 is 0.771 bits per heavy atom. The van der Waals surface area contributed by atoms with Gasteiger partial charge in [-0.15, -0.1) is 0 Å². The van der Waals surface area contributed by atoms with Crippen LogP contribution >= 0.6 is 11.8 Å². The normalized spacial score (nSPS) is 13.0. The van der Waals surface area contributed by atoms with Gasteiger partial charge in [-0.25, -0.2) is 4.79 Å². The molecule has 0 saturated heterocycles. The van der Waals surface area contributed by atoms with Crippen molar-refractivity contribution in [2.24, 2.45) is 0 Å². The number of aliphatic hydroxyl groups is 1. The minimum atomic E-state index is -1.15. The molecule has 0 aliphatic carbocycles. The Morgan fingerprint density at radius 3 is 1.88 bits per heavy atom. The van der Waals surface area contributed by atoms with Gasteiger partial charge in [-0.3, -0.25) is 14.4 Å². The van der Waals surface area contributed by atoms with Crippen molar-refractivity contribution in [3.8, 4) is 0 Å². The lowest BCUT2D eigenvalue weighted by Crippen LogP contribution is -2.59. The van der Waals surface area contributed by atoms with E-state index in [1.165, 1.54) is 4.90 Å². The predicted octanol–water partition coefficient (Wildman–Crippen LogP) is 4.46. The highest BCUT2D eigenvalue weighted by atomic mass is 32.2. The van der Waals surface area contributed by atoms with E-state index in [2.05, 4.69) is 16.0 Å². The molecule has 3 atom stereocenters. The van der Waals surface area contributed by atoms with Gasteiger partial charge in [-0.05, 0) is 62.3 Å². The second-order valence-corrected chi connectivity index (χ2v) is 13.5. The molecule has 0 saturated carbocycles. The number of aliphatic hydroxyl groups excluding tert-OH is 1. The first kappa shape index (κ1) is 38.1. The van der Waals surface area contributed by atoms with Crippen LogP contribution in [0.3, 0.4) is 0 Å². The van der Waals surface area contributed by atoms with Crippen LogP contribution in [0.5, 0.6) is 0 Å². The molecule has 4 amide bonds. The molecule has 0 aliphatic heterocycles. The number of benzene rings is 3. The second-order valence-electron chi connectivity index (χ2n) is 12.5. The Bertz CT molecular complexity index is 1440. The van der Waals surface area contributed by atoms with E-state index in [1.54, 1.807) is 11.8 Å². The van der Waals surface area contributed by atoms with E-state index in [-0.39, 0.29) is 31.9 Å². The Hall–Kier alpha value is -4.35. The highest BCUT2D eigenvalue weighted by molar-refractivity contribution is 7.98. The van der Waals surface area contributed by atoms with Crippen molar-refractivity contribution in [3.05, 3.63) is 108 Å². The van der Waals surface area contributed by atoms with E-state index in [1.807, 2.05) is 118 Å². The lowest BCUT2D eigenvalue weighted by atomic mass is 10.0. The zero-order valence-corrected chi connectivity index (χ0v) is 29.0. The third-order valence-electron chi connectivity index (χ3n) is 7.39. The van der Waals surface area contributed by atoms with Gasteiger partial charge in [0.2, 0.25) is 17.7 Å². The molecule has 0 bridgehead atoms. The molecule has 0 spiro atoms. The molecule has 11 heteroatoms. The Labute approximate surface area is 288 Å². The number of nitrogens with one attached hydrogen (secondary N) is 3. The van der Waals surface area contributed by atoms with E-state index >= 15 is 0 Å². The van der Waals surface area contributed by atoms with Gasteiger partial charge >= 0.3 is 6.09 Å². The molecule has 0 fully saturated rings. The van der Waals surface area contributed by atoms with Gasteiger partial charge in [-0.1, -0.05) is 91.0 Å². The van der Waals surface area contributed by atoms with Crippen molar-refractivity contribution in [1.82, 2.24) is 20.9 Å². The van der Waals surface area contributed by atoms with Gasteiger partial charge in [0, 0.05) is 25.1 Å². The molecular formula is C37H48N4O6S. The fourth-order valence-corrected chi connectivity index (χ4v) is 5.53. The maximum Gasteiger partial charge on any atom is 0.408 e. The van der Waals surface area contributed by atoms with E-state index < -0.39 is 48.2 Å². The molecule has 4 N–H and O–H groups in total. The summed E-state index contributed by atoms with van der Waals surface area (Å²) in [6.45, 7) is 5.22. The summed E-state index contributed by atoms with van der Waals surface area (Å²) in [7, 11) is 0. The molecule has 0 radical (unpaired) electrons. The van der Waals surface area contributed by atoms with Gasteiger partial charge in [0.25, 0.3) is 0 Å². The van der Waals surface area contributed by atoms with Crippen LogP contribution in [0.15, 0.2) is 91.0 Å². The standard InChI is InChI=1S/C37H48N4O6S/c1-37(2,3)40-33(43)30(21-23-48-4)38-34(44)32(20-22-42)41(25-28-16-10-6-11-17-28)35(45)31(24-27-14-8-5-9-15-27)39-36(46)47-26-29-18-12-7-13-19-29/h5-19,30-32,42H,20-26H2,1-4H3,(H,38,44)(H,39,46)(H,40,43)/t30-,31-,32-/m0/s1. The van der Waals surface area contributed by atoms with Crippen LogP contribution in [0.2, 0.25) is 0 Å². The minimum Gasteiger partial charge on any atom is -0.445 e. The summed E-state index contributed by atoms with van der Waals surface area (Å²) in [6, 6.07) is 24.5. The highest BCUT2D eigenvalue weighted by Gasteiger charge is 2.36. The van der Waals surface area contributed by atoms with Crippen molar-refractivity contribution >= 4 is 35.6 Å². The quantitative estimate of drug-likeness (QED) is 0.166. The highest BCUT2D eigenvalue weighted by Crippen LogP contribution is 2.17. The first-order valence-electron chi connectivity index (χ1n) is 16.1. The number of amides is 4. The number of carbonyl (C=O) groups is 4. The Kier molecular flexibility index (Phi) is 15.5. The topological polar surface area (TPSA) is 137 Å². The maximum absolute atomic E-state index is 14.6. The summed E-state index contributed by atoms with van der Waals surface area (Å²) in [5.41, 5.74) is 1.80. The Morgan fingerprint density at radius 2 is 1.33 bits per heavy atom. The first-order chi connectivity index (χ1) is 23.0. The Balaban J connectivity index is 1.95. The van der Waals surface area contributed by atoms with Gasteiger partial charge in [0.05, 0.1) is 0 Å². The lowest BCUT2D eigenvalue weighted by Gasteiger charge is -2.35. The molecule has 3 aromatic carbocycles. The van der Waals surface area contributed by atoms with Crippen LogP contribution in [0.25, 0.3) is 0 Å². The lowest BCUT2D eigenvalue weighted by molar-refractivity contribution is -0.144. The summed E-state index contributed by atoms with van der Waals surface area (Å²) in [4.78, 5) is 56.4. The van der Waals surface area contributed by atoms with Crippen molar-refractivity contribution in [1.29, 1.82) is 0 Å². The van der Waals surface area contributed by atoms with Crippen molar-refractivity contribution in [3.63, 3.8) is 0 Å². The van der Waals surface area contributed by atoms with Crippen LogP contribution in [-0.2, 0) is 38.7 Å². The molecule has 3 aromatic rings. The largest absolute Gasteiger partial charge is 0.445 e. The number of thioether (sulfide) groups is 1. The fraction of sp³-hybridized carbons (Fsp3) is 0.405. The van der Waals surface area contributed by atoms with Crippen LogP contribution in [0, 0.1) is 0 Å². The van der Waals surface area contributed by atoms with Crippen LogP contribution in [-0.4, -0.2) is 76.1 Å². The van der Waals surface area contributed by atoms with E-state index in [9.17, 15) is 24.3 Å². The summed E-state index contributed by atoms with van der Waals surface area (Å²) >= 11 is 1.55. The average molecular weight is 677 g/mol. The molecule has 0 heterocycles. The number of ether oxygens (including phenoxy) is 1. The molecule has 10 nitrogen and oxygen atoms in total. The second kappa shape index (κ2) is 19.5. The number of hydrogen-bond donors (Lipinski definition) is 4. The van der Waals surface area contributed by atoms with E-state index in [4.69, 9.17) is 4.74 Å². The third-order valence-corrected chi connectivity index (χ3v) is 8.03. The minimum absolute atomic E-state index is 0.0102. The smallest absolute Gasteiger partial charge is 0.408 e. The maximum atomic E-state index is 14.6. The van der Waals surface area contributed by atoms with E-state index in [0.717, 1.165) is 16.7 Å². The average Bonchev–Trinajstić information content (AvgIpc) is 3.07. The molecule has 258 valence electrons. The number of nitrogens with zero attached hydrogens (tertiary/aromatic N) is 1. The van der Waals surface area contributed by atoms with Crippen molar-refractivity contribution in [2.45, 2.75) is 76.8 Å². The monoisotopic (exact) mass is 676 g/mol. The zero-order chi connectivity index (χ0) is 34.9. The number of alkyl carbamates (subject to hydrolysis) is 1. The SMILES string of the molecule is CSCC[C@H](NC(=O)[C@H](CCO)N(Cc1ccccc1)C(=O)[C@H](Cc1ccccc1)NC(=O)OCc1ccccc1)C(=O)NC(C)(C)C. The molecule has 0 aliphatic rings. The number of hydrogen-bond acceptors (Lipinski definition) is 7. The number of rotatable bonds is 17. The zero-order valence-electron chi connectivity index (χ0n) is 28.2. The van der Waals surface area contributed by atoms with Crippen LogP contribution < -0.4 is 16.0 Å². The van der Waals surface area contributed by atoms with Crippen LogP contribution in [0.4, 0.5) is 4.79 Å². The summed E-state index contributed by atoms with van der Waals surface area (Å²) in [6.07, 6.45) is 1.55. The molecule has 0 aromatic heterocycles. The van der Waals surface area contributed by atoms with Gasteiger partial charge < -0.3 is 30.7 Å². The summed E-state index contributed by atoms with van der Waals surface area (Å²) < 4.78 is 5.47. The molecule has 0 unspecified atom stereocenters. The third kappa shape index (κ3) is 13.0. The van der Waals surface area contributed by atoms with Crippen LogP contribution in [0.1, 0.15) is 50.3 Å². The van der Waals surface area contributed by atoms with Crippen molar-refractivity contribution in [2.75, 3.05) is 18.6 Å². The van der Waals surface area contributed by atoms with Gasteiger partial charge in [0.15, 0.2) is 0 Å². The van der Waals surface area contributed by atoms with Gasteiger partial charge in [0.1, 0.15) is 24.7 Å². The summed E-state index contributed by atoms with van der Waals surface area (Å²) in [5.74, 6) is -0.826.